The van der Waals surface area contributed by atoms with Crippen molar-refractivity contribution in [1.82, 2.24) is 5.32 Å². The zero-order valence-electron chi connectivity index (χ0n) is 11.1. The first kappa shape index (κ1) is 14.7. The van der Waals surface area contributed by atoms with Crippen LogP contribution in [0.1, 0.15) is 31.7 Å². The van der Waals surface area contributed by atoms with Gasteiger partial charge in [0.2, 0.25) is 5.91 Å². The van der Waals surface area contributed by atoms with Gasteiger partial charge in [0.05, 0.1) is 0 Å². The molecule has 1 atom stereocenters. The van der Waals surface area contributed by atoms with Crippen molar-refractivity contribution in [2.45, 2.75) is 32.6 Å². The number of aliphatic hydroxyl groups is 1. The smallest absolute Gasteiger partial charge is 0.220 e. The normalized spacial score (nSPS) is 12.1. The van der Waals surface area contributed by atoms with Crippen LogP contribution in [-0.4, -0.2) is 24.2 Å². The number of carbonyl (C=O) groups is 1. The third-order valence-corrected chi connectivity index (χ3v) is 2.98. The van der Waals surface area contributed by atoms with Gasteiger partial charge < -0.3 is 10.4 Å². The number of amides is 1. The van der Waals surface area contributed by atoms with E-state index in [1.54, 1.807) is 0 Å². The molecule has 0 aliphatic heterocycles. The molecule has 0 saturated heterocycles. The number of nitrogens with one attached hydrogen (secondary N) is 1. The Balaban J connectivity index is 2.10. The summed E-state index contributed by atoms with van der Waals surface area (Å²) in [4.78, 5) is 11.6. The van der Waals surface area contributed by atoms with Gasteiger partial charge in [0, 0.05) is 19.6 Å². The molecule has 1 aromatic rings. The van der Waals surface area contributed by atoms with Crippen LogP contribution in [0.2, 0.25) is 0 Å². The van der Waals surface area contributed by atoms with Gasteiger partial charge >= 0.3 is 0 Å². The lowest BCUT2D eigenvalue weighted by atomic mass is 10.1. The van der Waals surface area contributed by atoms with E-state index in [9.17, 15) is 4.79 Å². The van der Waals surface area contributed by atoms with Crippen molar-refractivity contribution in [1.29, 1.82) is 0 Å². The molecule has 0 bridgehead atoms. The Kier molecular flexibility index (Phi) is 7.11. The molecule has 0 aromatic heterocycles. The highest BCUT2D eigenvalue weighted by atomic mass is 16.3. The van der Waals surface area contributed by atoms with E-state index in [4.69, 9.17) is 5.11 Å². The van der Waals surface area contributed by atoms with Crippen molar-refractivity contribution in [3.63, 3.8) is 0 Å². The van der Waals surface area contributed by atoms with Gasteiger partial charge in [-0.2, -0.15) is 0 Å². The molecule has 0 heterocycles. The second-order valence-electron chi connectivity index (χ2n) is 4.76. The van der Waals surface area contributed by atoms with Gasteiger partial charge in [-0.15, -0.1) is 0 Å². The molecule has 1 amide bonds. The average Bonchev–Trinajstić information content (AvgIpc) is 2.38. The average molecular weight is 249 g/mol. The summed E-state index contributed by atoms with van der Waals surface area (Å²) >= 11 is 0. The van der Waals surface area contributed by atoms with Crippen LogP contribution in [0.4, 0.5) is 0 Å². The van der Waals surface area contributed by atoms with E-state index in [-0.39, 0.29) is 12.5 Å². The van der Waals surface area contributed by atoms with Crippen LogP contribution in [0.25, 0.3) is 0 Å². The van der Waals surface area contributed by atoms with Gasteiger partial charge in [-0.1, -0.05) is 37.3 Å². The summed E-state index contributed by atoms with van der Waals surface area (Å²) in [6.07, 6.45) is 3.13. The van der Waals surface area contributed by atoms with Crippen molar-refractivity contribution >= 4 is 5.91 Å². The van der Waals surface area contributed by atoms with Crippen molar-refractivity contribution in [2.75, 3.05) is 13.2 Å². The highest BCUT2D eigenvalue weighted by molar-refractivity contribution is 5.75. The third kappa shape index (κ3) is 6.40. The number of benzene rings is 1. The lowest BCUT2D eigenvalue weighted by Gasteiger charge is -2.11. The summed E-state index contributed by atoms with van der Waals surface area (Å²) in [7, 11) is 0. The topological polar surface area (TPSA) is 49.3 Å². The van der Waals surface area contributed by atoms with Crippen LogP contribution in [0, 0.1) is 5.92 Å². The van der Waals surface area contributed by atoms with E-state index in [0.29, 0.717) is 18.9 Å². The first-order valence-corrected chi connectivity index (χ1v) is 6.64. The van der Waals surface area contributed by atoms with Crippen LogP contribution in [0.3, 0.4) is 0 Å². The highest BCUT2D eigenvalue weighted by Gasteiger charge is 2.05. The number of aliphatic hydroxyl groups excluding tert-OH is 1. The number of hydrogen-bond donors (Lipinski definition) is 2. The SMILES string of the molecule is CC(CCO)CNC(=O)CCCc1ccccc1. The second kappa shape index (κ2) is 8.70. The predicted octanol–water partition coefficient (Wildman–Crippen LogP) is 2.14. The first-order valence-electron chi connectivity index (χ1n) is 6.64. The number of rotatable bonds is 8. The number of carbonyl (C=O) groups excluding carboxylic acids is 1. The summed E-state index contributed by atoms with van der Waals surface area (Å²) in [5.41, 5.74) is 1.28. The molecule has 0 saturated carbocycles. The molecule has 0 fully saturated rings. The fraction of sp³-hybridized carbons (Fsp3) is 0.533. The highest BCUT2D eigenvalue weighted by Crippen LogP contribution is 2.04. The summed E-state index contributed by atoms with van der Waals surface area (Å²) in [6, 6.07) is 10.2. The molecule has 0 spiro atoms. The fourth-order valence-corrected chi connectivity index (χ4v) is 1.80. The summed E-state index contributed by atoms with van der Waals surface area (Å²) < 4.78 is 0. The maximum absolute atomic E-state index is 11.6. The van der Waals surface area contributed by atoms with Gasteiger partial charge in [-0.3, -0.25) is 4.79 Å². The van der Waals surface area contributed by atoms with Gasteiger partial charge in [0.15, 0.2) is 0 Å². The lowest BCUT2D eigenvalue weighted by Crippen LogP contribution is -2.28. The Morgan fingerprint density at radius 3 is 2.72 bits per heavy atom. The van der Waals surface area contributed by atoms with Gasteiger partial charge in [-0.05, 0) is 30.7 Å². The van der Waals surface area contributed by atoms with E-state index >= 15 is 0 Å². The Morgan fingerprint density at radius 1 is 1.33 bits per heavy atom. The minimum absolute atomic E-state index is 0.107. The molecule has 1 unspecified atom stereocenters. The monoisotopic (exact) mass is 249 g/mol. The molecule has 100 valence electrons. The zero-order valence-corrected chi connectivity index (χ0v) is 11.1. The molecule has 0 aliphatic carbocycles. The summed E-state index contributed by atoms with van der Waals surface area (Å²) in [6.45, 7) is 2.87. The predicted molar refractivity (Wildman–Crippen MR) is 73.3 cm³/mol. The molecule has 2 N–H and O–H groups in total. The van der Waals surface area contributed by atoms with E-state index in [0.717, 1.165) is 19.3 Å². The fourth-order valence-electron chi connectivity index (χ4n) is 1.80. The van der Waals surface area contributed by atoms with Gasteiger partial charge in [0.25, 0.3) is 0 Å². The van der Waals surface area contributed by atoms with Crippen molar-refractivity contribution in [2.24, 2.45) is 5.92 Å². The molecule has 18 heavy (non-hydrogen) atoms. The molecule has 0 radical (unpaired) electrons. The maximum atomic E-state index is 11.6. The second-order valence-corrected chi connectivity index (χ2v) is 4.76. The molecular weight excluding hydrogens is 226 g/mol. The Morgan fingerprint density at radius 2 is 2.06 bits per heavy atom. The van der Waals surface area contributed by atoms with Crippen LogP contribution < -0.4 is 5.32 Å². The summed E-state index contributed by atoms with van der Waals surface area (Å²) in [5.74, 6) is 0.448. The van der Waals surface area contributed by atoms with Gasteiger partial charge in [-0.25, -0.2) is 0 Å². The van der Waals surface area contributed by atoms with Gasteiger partial charge in [0.1, 0.15) is 0 Å². The molecular formula is C15H23NO2. The lowest BCUT2D eigenvalue weighted by molar-refractivity contribution is -0.121. The molecule has 3 heteroatoms. The van der Waals surface area contributed by atoms with Crippen molar-refractivity contribution < 1.29 is 9.90 Å². The Labute approximate surface area is 109 Å². The van der Waals surface area contributed by atoms with Crippen LogP contribution in [-0.2, 0) is 11.2 Å². The van der Waals surface area contributed by atoms with E-state index < -0.39 is 0 Å². The van der Waals surface area contributed by atoms with Crippen molar-refractivity contribution in [3.05, 3.63) is 35.9 Å². The maximum Gasteiger partial charge on any atom is 0.220 e. The first-order chi connectivity index (χ1) is 8.72. The molecule has 0 aliphatic rings. The molecule has 1 aromatic carbocycles. The minimum Gasteiger partial charge on any atom is -0.396 e. The van der Waals surface area contributed by atoms with E-state index in [1.165, 1.54) is 5.56 Å². The van der Waals surface area contributed by atoms with E-state index in [2.05, 4.69) is 17.4 Å². The zero-order chi connectivity index (χ0) is 13.2. The van der Waals surface area contributed by atoms with Crippen LogP contribution in [0.15, 0.2) is 30.3 Å². The Bertz CT molecular complexity index is 338. The third-order valence-electron chi connectivity index (χ3n) is 2.98. The number of aryl methyl sites for hydroxylation is 1. The van der Waals surface area contributed by atoms with Crippen LogP contribution >= 0.6 is 0 Å². The van der Waals surface area contributed by atoms with Crippen molar-refractivity contribution in [3.8, 4) is 0 Å². The summed E-state index contributed by atoms with van der Waals surface area (Å²) in [5, 5.41) is 11.7. The quantitative estimate of drug-likeness (QED) is 0.741. The minimum atomic E-state index is 0.107. The molecule has 3 nitrogen and oxygen atoms in total. The standard InChI is InChI=1S/C15H23NO2/c1-13(10-11-17)12-16-15(18)9-5-8-14-6-3-2-4-7-14/h2-4,6-7,13,17H,5,8-12H2,1H3,(H,16,18). The van der Waals surface area contributed by atoms with E-state index in [1.807, 2.05) is 25.1 Å². The molecule has 1 rings (SSSR count). The number of hydrogen-bond acceptors (Lipinski definition) is 2. The Hall–Kier alpha value is -1.35. The van der Waals surface area contributed by atoms with Crippen LogP contribution in [0.5, 0.6) is 0 Å². The largest absolute Gasteiger partial charge is 0.396 e.